The fourth-order valence-corrected chi connectivity index (χ4v) is 1.52. The molecule has 0 unspecified atom stereocenters. The summed E-state index contributed by atoms with van der Waals surface area (Å²) in [6.07, 6.45) is 0. The molecule has 2 N–H and O–H groups in total. The average Bonchev–Trinajstić information content (AvgIpc) is 2.92. The van der Waals surface area contributed by atoms with Crippen molar-refractivity contribution in [2.24, 2.45) is 5.73 Å². The molecule has 0 atom stereocenters. The first-order chi connectivity index (χ1) is 9.33. The maximum atomic E-state index is 5.55. The molecule has 0 spiro atoms. The number of benzene rings is 1. The highest BCUT2D eigenvalue weighted by atomic mass is 35.5. The summed E-state index contributed by atoms with van der Waals surface area (Å²) < 4.78 is 15.3. The number of hydrogen-bond acceptors (Lipinski definition) is 6. The Labute approximate surface area is 123 Å². The maximum absolute atomic E-state index is 5.55. The number of halogens is 1. The predicted molar refractivity (Wildman–Crippen MR) is 76.4 cm³/mol. The van der Waals surface area contributed by atoms with Gasteiger partial charge in [-0.15, -0.1) is 12.4 Å². The number of aromatic nitrogens is 2. The summed E-state index contributed by atoms with van der Waals surface area (Å²) in [7, 11) is 1.62. The second-order valence-corrected chi connectivity index (χ2v) is 3.96. The van der Waals surface area contributed by atoms with E-state index in [0.717, 1.165) is 11.1 Å². The molecule has 1 heterocycles. The lowest BCUT2D eigenvalue weighted by Gasteiger charge is -1.98. The van der Waals surface area contributed by atoms with E-state index in [1.807, 2.05) is 24.3 Å². The molecule has 0 aliphatic carbocycles. The Kier molecular flexibility index (Phi) is 7.17. The van der Waals surface area contributed by atoms with Gasteiger partial charge in [0, 0.05) is 19.2 Å². The molecule has 1 aromatic heterocycles. The van der Waals surface area contributed by atoms with Crippen molar-refractivity contribution in [3.8, 4) is 11.4 Å². The van der Waals surface area contributed by atoms with Crippen LogP contribution in [0.25, 0.3) is 11.4 Å². The van der Waals surface area contributed by atoms with E-state index in [1.165, 1.54) is 0 Å². The summed E-state index contributed by atoms with van der Waals surface area (Å²) in [4.78, 5) is 4.26. The van der Waals surface area contributed by atoms with Crippen LogP contribution in [0, 0.1) is 0 Å². The van der Waals surface area contributed by atoms with Gasteiger partial charge < -0.3 is 19.7 Å². The maximum Gasteiger partial charge on any atom is 0.252 e. The van der Waals surface area contributed by atoms with E-state index in [-0.39, 0.29) is 19.0 Å². The molecule has 110 valence electrons. The summed E-state index contributed by atoms with van der Waals surface area (Å²) >= 11 is 0. The van der Waals surface area contributed by atoms with Gasteiger partial charge in [0.2, 0.25) is 5.82 Å². The van der Waals surface area contributed by atoms with E-state index in [9.17, 15) is 0 Å². The van der Waals surface area contributed by atoms with Gasteiger partial charge in [-0.25, -0.2) is 0 Å². The smallest absolute Gasteiger partial charge is 0.252 e. The van der Waals surface area contributed by atoms with Crippen LogP contribution in [0.4, 0.5) is 0 Å². The first-order valence-corrected chi connectivity index (χ1v) is 6.02. The van der Waals surface area contributed by atoms with Gasteiger partial charge in [-0.2, -0.15) is 4.98 Å². The van der Waals surface area contributed by atoms with Crippen LogP contribution in [0.2, 0.25) is 0 Å². The standard InChI is InChI=1S/C13H17N3O3.ClH/c1-17-6-7-18-9-12-15-13(16-19-12)11-4-2-10(8-14)3-5-11;/h2-5H,6-9,14H2,1H3;1H. The summed E-state index contributed by atoms with van der Waals surface area (Å²) in [6.45, 7) is 1.85. The second-order valence-electron chi connectivity index (χ2n) is 3.96. The first-order valence-electron chi connectivity index (χ1n) is 6.02. The molecule has 0 aliphatic rings. The van der Waals surface area contributed by atoms with Crippen LogP contribution >= 0.6 is 12.4 Å². The van der Waals surface area contributed by atoms with Crippen molar-refractivity contribution >= 4 is 12.4 Å². The van der Waals surface area contributed by atoms with Gasteiger partial charge in [0.1, 0.15) is 6.61 Å². The Hall–Kier alpha value is -1.47. The molecular formula is C13H18ClN3O3. The number of ether oxygens (including phenoxy) is 2. The van der Waals surface area contributed by atoms with Gasteiger partial charge in [-0.3, -0.25) is 0 Å². The third-order valence-electron chi connectivity index (χ3n) is 2.57. The Morgan fingerprint density at radius 1 is 1.20 bits per heavy atom. The second kappa shape index (κ2) is 8.65. The van der Waals surface area contributed by atoms with Crippen molar-refractivity contribution in [3.63, 3.8) is 0 Å². The van der Waals surface area contributed by atoms with Crippen LogP contribution in [0.3, 0.4) is 0 Å². The summed E-state index contributed by atoms with van der Waals surface area (Å²) in [5, 5.41) is 3.91. The molecule has 0 radical (unpaired) electrons. The average molecular weight is 300 g/mol. The Balaban J connectivity index is 0.00000200. The fraction of sp³-hybridized carbons (Fsp3) is 0.385. The highest BCUT2D eigenvalue weighted by Gasteiger charge is 2.08. The summed E-state index contributed by atoms with van der Waals surface area (Å²) in [5.41, 5.74) is 7.50. The minimum Gasteiger partial charge on any atom is -0.382 e. The monoisotopic (exact) mass is 299 g/mol. The molecule has 7 heteroatoms. The lowest BCUT2D eigenvalue weighted by atomic mass is 10.1. The van der Waals surface area contributed by atoms with E-state index < -0.39 is 0 Å². The van der Waals surface area contributed by atoms with Crippen LogP contribution in [-0.2, 0) is 22.6 Å². The highest BCUT2D eigenvalue weighted by Crippen LogP contribution is 2.16. The van der Waals surface area contributed by atoms with Crippen LogP contribution in [0.5, 0.6) is 0 Å². The van der Waals surface area contributed by atoms with Crippen molar-refractivity contribution in [2.45, 2.75) is 13.2 Å². The summed E-state index contributed by atoms with van der Waals surface area (Å²) in [6, 6.07) is 7.73. The molecular weight excluding hydrogens is 282 g/mol. The molecule has 0 aliphatic heterocycles. The highest BCUT2D eigenvalue weighted by molar-refractivity contribution is 5.85. The van der Waals surface area contributed by atoms with Crippen molar-refractivity contribution in [3.05, 3.63) is 35.7 Å². The Morgan fingerprint density at radius 3 is 2.60 bits per heavy atom. The quantitative estimate of drug-likeness (QED) is 0.785. The van der Waals surface area contributed by atoms with Crippen molar-refractivity contribution < 1.29 is 14.0 Å². The van der Waals surface area contributed by atoms with Crippen molar-refractivity contribution in [1.82, 2.24) is 10.1 Å². The van der Waals surface area contributed by atoms with Crippen LogP contribution in [0.15, 0.2) is 28.8 Å². The van der Waals surface area contributed by atoms with E-state index >= 15 is 0 Å². The van der Waals surface area contributed by atoms with Gasteiger partial charge >= 0.3 is 0 Å². The van der Waals surface area contributed by atoms with E-state index in [1.54, 1.807) is 7.11 Å². The number of rotatable bonds is 7. The van der Waals surface area contributed by atoms with Crippen LogP contribution in [0.1, 0.15) is 11.5 Å². The predicted octanol–water partition coefficient (Wildman–Crippen LogP) is 1.78. The van der Waals surface area contributed by atoms with Crippen molar-refractivity contribution in [1.29, 1.82) is 0 Å². The minimum atomic E-state index is 0. The normalized spacial score (nSPS) is 10.3. The Bertz CT molecular complexity index is 502. The van der Waals surface area contributed by atoms with Gasteiger partial charge in [0.05, 0.1) is 13.2 Å². The third-order valence-corrected chi connectivity index (χ3v) is 2.57. The minimum absolute atomic E-state index is 0. The van der Waals surface area contributed by atoms with Gasteiger partial charge in [-0.05, 0) is 5.56 Å². The van der Waals surface area contributed by atoms with E-state index in [0.29, 0.717) is 31.5 Å². The fourth-order valence-electron chi connectivity index (χ4n) is 1.52. The first kappa shape index (κ1) is 16.6. The molecule has 0 bridgehead atoms. The van der Waals surface area contributed by atoms with Crippen LogP contribution in [-0.4, -0.2) is 30.5 Å². The van der Waals surface area contributed by atoms with Gasteiger partial charge in [0.15, 0.2) is 0 Å². The third kappa shape index (κ3) is 4.57. The topological polar surface area (TPSA) is 83.4 Å². The zero-order valence-electron chi connectivity index (χ0n) is 11.2. The van der Waals surface area contributed by atoms with E-state index in [4.69, 9.17) is 19.7 Å². The Morgan fingerprint density at radius 2 is 1.95 bits per heavy atom. The molecule has 0 amide bonds. The zero-order chi connectivity index (χ0) is 13.5. The number of methoxy groups -OCH3 is 1. The van der Waals surface area contributed by atoms with E-state index in [2.05, 4.69) is 10.1 Å². The SMILES string of the molecule is COCCOCc1nc(-c2ccc(CN)cc2)no1.Cl. The summed E-state index contributed by atoms with van der Waals surface area (Å²) in [5.74, 6) is 1.00. The molecule has 6 nitrogen and oxygen atoms in total. The lowest BCUT2D eigenvalue weighted by molar-refractivity contribution is 0.0494. The molecule has 2 aromatic rings. The number of nitrogens with zero attached hydrogens (tertiary/aromatic N) is 2. The largest absolute Gasteiger partial charge is 0.382 e. The number of nitrogens with two attached hydrogens (primary N) is 1. The lowest BCUT2D eigenvalue weighted by Crippen LogP contribution is -2.01. The van der Waals surface area contributed by atoms with Crippen LogP contribution < -0.4 is 5.73 Å². The molecule has 0 saturated carbocycles. The van der Waals surface area contributed by atoms with Crippen molar-refractivity contribution in [2.75, 3.05) is 20.3 Å². The molecule has 20 heavy (non-hydrogen) atoms. The molecule has 2 rings (SSSR count). The number of hydrogen-bond donors (Lipinski definition) is 1. The van der Waals surface area contributed by atoms with Gasteiger partial charge in [0.25, 0.3) is 5.89 Å². The molecule has 0 fully saturated rings. The zero-order valence-corrected chi connectivity index (χ0v) is 12.1. The van der Waals surface area contributed by atoms with Gasteiger partial charge in [-0.1, -0.05) is 29.4 Å². The molecule has 1 aromatic carbocycles. The molecule has 0 saturated heterocycles.